The van der Waals surface area contributed by atoms with E-state index in [1.165, 1.54) is 12.1 Å². The zero-order valence-corrected chi connectivity index (χ0v) is 13.0. The molecule has 0 saturated heterocycles. The van der Waals surface area contributed by atoms with Crippen LogP contribution in [0.25, 0.3) is 0 Å². The maximum absolute atomic E-state index is 13.6. The number of ketones is 1. The van der Waals surface area contributed by atoms with Crippen LogP contribution in [0.2, 0.25) is 5.02 Å². The van der Waals surface area contributed by atoms with E-state index < -0.39 is 55.4 Å². The Balaban J connectivity index is 2.49. The van der Waals surface area contributed by atoms with E-state index in [2.05, 4.69) is 0 Å². The van der Waals surface area contributed by atoms with Gasteiger partial charge in [-0.1, -0.05) is 11.6 Å². The summed E-state index contributed by atoms with van der Waals surface area (Å²) in [5.74, 6) is -14.9. The molecule has 0 spiro atoms. The number of halogens is 6. The van der Waals surface area contributed by atoms with Crippen LogP contribution in [0.5, 0.6) is 0 Å². The van der Waals surface area contributed by atoms with Crippen molar-refractivity contribution in [2.24, 2.45) is 0 Å². The smallest absolute Gasteiger partial charge is 0.200 e. The fourth-order valence-electron chi connectivity index (χ4n) is 1.82. The van der Waals surface area contributed by atoms with Crippen LogP contribution in [0.4, 0.5) is 22.0 Å². The standard InChI is InChI=1S/C14H6ClF5O3S/c15-7-3-1-6(2-4-7)8(21)5-24(22,23)14-12(19)10(17)9(16)11(18)13(14)20/h1-4H,5H2. The molecule has 10 heteroatoms. The van der Waals surface area contributed by atoms with Crippen LogP contribution in [-0.4, -0.2) is 20.0 Å². The highest BCUT2D eigenvalue weighted by molar-refractivity contribution is 7.92. The lowest BCUT2D eigenvalue weighted by atomic mass is 10.1. The predicted octanol–water partition coefficient (Wildman–Crippen LogP) is 3.69. The summed E-state index contributed by atoms with van der Waals surface area (Å²) in [7, 11) is -5.12. The van der Waals surface area contributed by atoms with Crippen LogP contribution < -0.4 is 0 Å². The molecule has 0 aliphatic carbocycles. The fourth-order valence-corrected chi connectivity index (χ4v) is 3.33. The topological polar surface area (TPSA) is 51.2 Å². The van der Waals surface area contributed by atoms with Crippen molar-refractivity contribution in [1.82, 2.24) is 0 Å². The summed E-state index contributed by atoms with van der Waals surface area (Å²) in [6.07, 6.45) is 0. The highest BCUT2D eigenvalue weighted by atomic mass is 35.5. The van der Waals surface area contributed by atoms with Crippen LogP contribution in [0.3, 0.4) is 0 Å². The number of carbonyl (C=O) groups is 1. The van der Waals surface area contributed by atoms with Gasteiger partial charge in [-0.3, -0.25) is 4.79 Å². The van der Waals surface area contributed by atoms with Crippen LogP contribution in [0, 0.1) is 29.1 Å². The van der Waals surface area contributed by atoms with Gasteiger partial charge in [-0.25, -0.2) is 30.4 Å². The molecule has 0 aliphatic rings. The number of Topliss-reactive ketones (excluding diaryl/α,β-unsaturated/α-hetero) is 1. The summed E-state index contributed by atoms with van der Waals surface area (Å²) in [5, 5.41) is 0.245. The Hall–Kier alpha value is -2.00. The van der Waals surface area contributed by atoms with Crippen molar-refractivity contribution >= 4 is 27.2 Å². The minimum atomic E-state index is -5.12. The van der Waals surface area contributed by atoms with E-state index in [0.29, 0.717) is 0 Å². The zero-order valence-electron chi connectivity index (χ0n) is 11.4. The average molecular weight is 385 g/mol. The second-order valence-electron chi connectivity index (χ2n) is 4.59. The van der Waals surface area contributed by atoms with E-state index in [-0.39, 0.29) is 10.6 Å². The Morgan fingerprint density at radius 2 is 1.25 bits per heavy atom. The lowest BCUT2D eigenvalue weighted by molar-refractivity contribution is 0.102. The van der Waals surface area contributed by atoms with Crippen molar-refractivity contribution in [3.63, 3.8) is 0 Å². The summed E-state index contributed by atoms with van der Waals surface area (Å²) < 4.78 is 90.2. The third-order valence-corrected chi connectivity index (χ3v) is 4.84. The van der Waals surface area contributed by atoms with Crippen molar-refractivity contribution in [1.29, 1.82) is 0 Å². The van der Waals surface area contributed by atoms with E-state index in [0.717, 1.165) is 12.1 Å². The van der Waals surface area contributed by atoms with Crippen molar-refractivity contribution in [2.45, 2.75) is 4.90 Å². The maximum atomic E-state index is 13.6. The molecule has 0 atom stereocenters. The van der Waals surface area contributed by atoms with E-state index in [1.54, 1.807) is 0 Å². The normalized spacial score (nSPS) is 11.6. The van der Waals surface area contributed by atoms with E-state index in [4.69, 9.17) is 11.6 Å². The first-order valence-corrected chi connectivity index (χ1v) is 8.12. The third-order valence-electron chi connectivity index (χ3n) is 2.97. The molecule has 0 aromatic heterocycles. The molecule has 0 bridgehead atoms. The van der Waals surface area contributed by atoms with Crippen molar-refractivity contribution in [2.75, 3.05) is 5.75 Å². The molecule has 0 unspecified atom stereocenters. The summed E-state index contributed by atoms with van der Waals surface area (Å²) in [5.41, 5.74) is -0.160. The van der Waals surface area contributed by atoms with Gasteiger partial charge in [0.25, 0.3) is 0 Å². The highest BCUT2D eigenvalue weighted by Gasteiger charge is 2.34. The molecule has 0 aliphatic heterocycles. The van der Waals surface area contributed by atoms with Gasteiger partial charge in [0.05, 0.1) is 0 Å². The SMILES string of the molecule is O=C(CS(=O)(=O)c1c(F)c(F)c(F)c(F)c1F)c1ccc(Cl)cc1. The highest BCUT2D eigenvalue weighted by Crippen LogP contribution is 2.27. The van der Waals surface area contributed by atoms with Gasteiger partial charge in [-0.2, -0.15) is 0 Å². The first-order chi connectivity index (χ1) is 11.1. The first-order valence-electron chi connectivity index (χ1n) is 6.09. The van der Waals surface area contributed by atoms with Gasteiger partial charge in [0.15, 0.2) is 38.9 Å². The summed E-state index contributed by atoms with van der Waals surface area (Å²) in [6.45, 7) is 0. The molecule has 0 fully saturated rings. The molecule has 2 aromatic carbocycles. The first kappa shape index (κ1) is 18.3. The third kappa shape index (κ3) is 3.27. The Bertz CT molecular complexity index is 897. The van der Waals surface area contributed by atoms with Gasteiger partial charge in [0.1, 0.15) is 10.6 Å². The van der Waals surface area contributed by atoms with Crippen LogP contribution in [-0.2, 0) is 9.84 Å². The second-order valence-corrected chi connectivity index (χ2v) is 6.95. The van der Waals surface area contributed by atoms with Gasteiger partial charge < -0.3 is 0 Å². The van der Waals surface area contributed by atoms with Gasteiger partial charge in [-0.15, -0.1) is 0 Å². The summed E-state index contributed by atoms with van der Waals surface area (Å²) in [4.78, 5) is 9.84. The molecule has 128 valence electrons. The molecule has 0 N–H and O–H groups in total. The Morgan fingerprint density at radius 3 is 1.71 bits per heavy atom. The average Bonchev–Trinajstić information content (AvgIpc) is 2.51. The number of hydrogen-bond donors (Lipinski definition) is 0. The maximum Gasteiger partial charge on any atom is 0.200 e. The van der Waals surface area contributed by atoms with Crippen molar-refractivity contribution in [3.05, 3.63) is 63.9 Å². The van der Waals surface area contributed by atoms with Crippen molar-refractivity contribution in [3.8, 4) is 0 Å². The quantitative estimate of drug-likeness (QED) is 0.265. The number of hydrogen-bond acceptors (Lipinski definition) is 3. The van der Waals surface area contributed by atoms with Crippen molar-refractivity contribution < 1.29 is 35.2 Å². The van der Waals surface area contributed by atoms with Crippen LogP contribution >= 0.6 is 11.6 Å². The van der Waals surface area contributed by atoms with Gasteiger partial charge >= 0.3 is 0 Å². The Kier molecular flexibility index (Phi) is 4.95. The summed E-state index contributed by atoms with van der Waals surface area (Å²) >= 11 is 5.59. The lowest BCUT2D eigenvalue weighted by Crippen LogP contribution is -2.21. The molecule has 24 heavy (non-hydrogen) atoms. The zero-order chi connectivity index (χ0) is 18.2. The second kappa shape index (κ2) is 6.48. The predicted molar refractivity (Wildman–Crippen MR) is 74.1 cm³/mol. The van der Waals surface area contributed by atoms with Crippen LogP contribution in [0.1, 0.15) is 10.4 Å². The number of benzene rings is 2. The largest absolute Gasteiger partial charge is 0.293 e. The summed E-state index contributed by atoms with van der Waals surface area (Å²) in [6, 6.07) is 4.83. The minimum Gasteiger partial charge on any atom is -0.293 e. The minimum absolute atomic E-state index is 0.160. The molecule has 0 heterocycles. The molecule has 3 nitrogen and oxygen atoms in total. The number of sulfone groups is 1. The number of carbonyl (C=O) groups excluding carboxylic acids is 1. The molecule has 0 amide bonds. The molecular weight excluding hydrogens is 379 g/mol. The lowest BCUT2D eigenvalue weighted by Gasteiger charge is -2.09. The molecule has 2 rings (SSSR count). The van der Waals surface area contributed by atoms with Crippen LogP contribution in [0.15, 0.2) is 29.2 Å². The Labute approximate surface area is 137 Å². The number of rotatable bonds is 4. The molecule has 0 saturated carbocycles. The monoisotopic (exact) mass is 384 g/mol. The van der Waals surface area contributed by atoms with E-state index >= 15 is 0 Å². The van der Waals surface area contributed by atoms with Gasteiger partial charge in [0.2, 0.25) is 5.82 Å². The van der Waals surface area contributed by atoms with Gasteiger partial charge in [-0.05, 0) is 24.3 Å². The Morgan fingerprint density at radius 1 is 0.833 bits per heavy atom. The van der Waals surface area contributed by atoms with E-state index in [9.17, 15) is 35.2 Å². The van der Waals surface area contributed by atoms with E-state index in [1.807, 2.05) is 0 Å². The van der Waals surface area contributed by atoms with Gasteiger partial charge in [0, 0.05) is 10.6 Å². The molecule has 0 radical (unpaired) electrons. The molecular formula is C14H6ClF5O3S. The molecule has 2 aromatic rings. The fraction of sp³-hybridized carbons (Fsp3) is 0.0714.